The Balaban J connectivity index is 1.58. The molecule has 132 valence electrons. The fraction of sp³-hybridized carbons (Fsp3) is 0.381. The van der Waals surface area contributed by atoms with E-state index in [4.69, 9.17) is 4.74 Å². The van der Waals surface area contributed by atoms with E-state index in [-0.39, 0.29) is 5.91 Å². The minimum Gasteiger partial charge on any atom is -0.481 e. The van der Waals surface area contributed by atoms with Crippen LogP contribution < -0.4 is 15.0 Å². The first-order chi connectivity index (χ1) is 12.0. The minimum absolute atomic E-state index is 0.146. The fourth-order valence-electron chi connectivity index (χ4n) is 3.02. The molecule has 2 aromatic carbocycles. The molecule has 1 amide bonds. The Morgan fingerprint density at radius 1 is 1.04 bits per heavy atom. The lowest BCUT2D eigenvalue weighted by Crippen LogP contribution is -2.30. The predicted molar refractivity (Wildman–Crippen MR) is 103 cm³/mol. The molecule has 1 fully saturated rings. The number of benzene rings is 2. The molecule has 0 aromatic heterocycles. The second-order valence-corrected chi connectivity index (χ2v) is 6.74. The van der Waals surface area contributed by atoms with Crippen LogP contribution in [0.5, 0.6) is 5.75 Å². The van der Waals surface area contributed by atoms with Crippen LogP contribution in [0.1, 0.15) is 30.9 Å². The number of hydrogen-bond acceptors (Lipinski definition) is 3. The molecule has 0 bridgehead atoms. The van der Waals surface area contributed by atoms with Crippen LogP contribution in [0.25, 0.3) is 0 Å². The molecule has 0 saturated carbocycles. The molecule has 4 heteroatoms. The molecular formula is C21H26N2O2. The normalized spacial score (nSPS) is 15.1. The highest BCUT2D eigenvalue weighted by atomic mass is 16.5. The Hall–Kier alpha value is -2.49. The SMILES string of the molecule is Cc1ccc(OC(C)C(=O)Nc2ccc(N3CCCC3)cc2)cc1C. The summed E-state index contributed by atoms with van der Waals surface area (Å²) in [4.78, 5) is 14.7. The number of hydrogen-bond donors (Lipinski definition) is 1. The zero-order chi connectivity index (χ0) is 17.8. The van der Waals surface area contributed by atoms with Gasteiger partial charge in [0.15, 0.2) is 6.10 Å². The summed E-state index contributed by atoms with van der Waals surface area (Å²) in [6, 6.07) is 13.9. The van der Waals surface area contributed by atoms with E-state index >= 15 is 0 Å². The second kappa shape index (κ2) is 7.60. The first-order valence-corrected chi connectivity index (χ1v) is 8.93. The Kier molecular flexibility index (Phi) is 5.27. The predicted octanol–water partition coefficient (Wildman–Crippen LogP) is 4.31. The lowest BCUT2D eigenvalue weighted by atomic mass is 10.1. The Morgan fingerprint density at radius 3 is 2.36 bits per heavy atom. The van der Waals surface area contributed by atoms with Gasteiger partial charge in [-0.1, -0.05) is 6.07 Å². The maximum absolute atomic E-state index is 12.4. The van der Waals surface area contributed by atoms with Crippen LogP contribution in [-0.2, 0) is 4.79 Å². The van der Waals surface area contributed by atoms with E-state index in [0.29, 0.717) is 0 Å². The molecule has 3 rings (SSSR count). The van der Waals surface area contributed by atoms with Crippen LogP contribution in [0, 0.1) is 13.8 Å². The molecule has 1 unspecified atom stereocenters. The third kappa shape index (κ3) is 4.32. The van der Waals surface area contributed by atoms with Gasteiger partial charge in [0.25, 0.3) is 5.91 Å². The molecule has 2 aromatic rings. The molecule has 1 saturated heterocycles. The van der Waals surface area contributed by atoms with E-state index in [1.165, 1.54) is 24.1 Å². The summed E-state index contributed by atoms with van der Waals surface area (Å²) in [5.41, 5.74) is 4.38. The number of carbonyl (C=O) groups is 1. The molecular weight excluding hydrogens is 312 g/mol. The lowest BCUT2D eigenvalue weighted by Gasteiger charge is -2.18. The van der Waals surface area contributed by atoms with Gasteiger partial charge in [0, 0.05) is 24.5 Å². The van der Waals surface area contributed by atoms with Crippen LogP contribution in [0.2, 0.25) is 0 Å². The van der Waals surface area contributed by atoms with E-state index in [2.05, 4.69) is 29.3 Å². The van der Waals surface area contributed by atoms with Crippen molar-refractivity contribution in [3.05, 3.63) is 53.6 Å². The average Bonchev–Trinajstić information content (AvgIpc) is 3.13. The van der Waals surface area contributed by atoms with E-state index < -0.39 is 6.10 Å². The smallest absolute Gasteiger partial charge is 0.265 e. The van der Waals surface area contributed by atoms with Gasteiger partial charge in [0.2, 0.25) is 0 Å². The molecule has 1 N–H and O–H groups in total. The zero-order valence-electron chi connectivity index (χ0n) is 15.2. The average molecular weight is 338 g/mol. The third-order valence-corrected chi connectivity index (χ3v) is 4.77. The van der Waals surface area contributed by atoms with Crippen molar-refractivity contribution in [1.82, 2.24) is 0 Å². The largest absolute Gasteiger partial charge is 0.481 e. The third-order valence-electron chi connectivity index (χ3n) is 4.77. The van der Waals surface area contributed by atoms with Crippen molar-refractivity contribution >= 4 is 17.3 Å². The lowest BCUT2D eigenvalue weighted by molar-refractivity contribution is -0.122. The summed E-state index contributed by atoms with van der Waals surface area (Å²) in [6.45, 7) is 8.10. The summed E-state index contributed by atoms with van der Waals surface area (Å²) in [5, 5.41) is 2.92. The maximum Gasteiger partial charge on any atom is 0.265 e. The van der Waals surface area contributed by atoms with Gasteiger partial charge in [-0.15, -0.1) is 0 Å². The van der Waals surface area contributed by atoms with Crippen LogP contribution in [0.15, 0.2) is 42.5 Å². The Morgan fingerprint density at radius 2 is 1.72 bits per heavy atom. The molecule has 0 spiro atoms. The highest BCUT2D eigenvalue weighted by molar-refractivity contribution is 5.94. The summed E-state index contributed by atoms with van der Waals surface area (Å²) in [5.74, 6) is 0.572. The standard InChI is InChI=1S/C21H26N2O2/c1-15-6-11-20(14-16(15)2)25-17(3)21(24)22-18-7-9-19(10-8-18)23-12-4-5-13-23/h6-11,14,17H,4-5,12-13H2,1-3H3,(H,22,24). The number of anilines is 2. The van der Waals surface area contributed by atoms with Crippen molar-refractivity contribution in [2.45, 2.75) is 39.7 Å². The molecule has 25 heavy (non-hydrogen) atoms. The summed E-state index contributed by atoms with van der Waals surface area (Å²) >= 11 is 0. The second-order valence-electron chi connectivity index (χ2n) is 6.74. The van der Waals surface area contributed by atoms with E-state index in [9.17, 15) is 4.79 Å². The molecule has 1 aliphatic heterocycles. The van der Waals surface area contributed by atoms with Crippen molar-refractivity contribution in [3.8, 4) is 5.75 Å². The van der Waals surface area contributed by atoms with Crippen molar-refractivity contribution in [3.63, 3.8) is 0 Å². The van der Waals surface area contributed by atoms with Crippen molar-refractivity contribution in [1.29, 1.82) is 0 Å². The molecule has 4 nitrogen and oxygen atoms in total. The first-order valence-electron chi connectivity index (χ1n) is 8.93. The van der Waals surface area contributed by atoms with E-state index in [1.807, 2.05) is 37.3 Å². The minimum atomic E-state index is -0.555. The van der Waals surface area contributed by atoms with E-state index in [1.54, 1.807) is 6.92 Å². The van der Waals surface area contributed by atoms with Crippen molar-refractivity contribution in [2.75, 3.05) is 23.3 Å². The van der Waals surface area contributed by atoms with Gasteiger partial charge in [-0.3, -0.25) is 4.79 Å². The van der Waals surface area contributed by atoms with Crippen molar-refractivity contribution < 1.29 is 9.53 Å². The van der Waals surface area contributed by atoms with Gasteiger partial charge in [-0.05, 0) is 81.1 Å². The topological polar surface area (TPSA) is 41.6 Å². The molecule has 1 atom stereocenters. The van der Waals surface area contributed by atoms with E-state index in [0.717, 1.165) is 30.1 Å². The number of ether oxygens (including phenoxy) is 1. The van der Waals surface area contributed by atoms with Crippen LogP contribution in [0.4, 0.5) is 11.4 Å². The first kappa shape index (κ1) is 17.3. The Labute approximate surface area is 149 Å². The van der Waals surface area contributed by atoms with Crippen LogP contribution in [0.3, 0.4) is 0 Å². The number of nitrogens with one attached hydrogen (secondary N) is 1. The van der Waals surface area contributed by atoms with Crippen molar-refractivity contribution in [2.24, 2.45) is 0 Å². The number of nitrogens with zero attached hydrogens (tertiary/aromatic N) is 1. The number of carbonyl (C=O) groups excluding carboxylic acids is 1. The highest BCUT2D eigenvalue weighted by Gasteiger charge is 2.16. The van der Waals surface area contributed by atoms with Gasteiger partial charge in [0.1, 0.15) is 5.75 Å². The van der Waals surface area contributed by atoms with Crippen LogP contribution in [-0.4, -0.2) is 25.1 Å². The quantitative estimate of drug-likeness (QED) is 0.883. The number of rotatable bonds is 5. The number of amides is 1. The van der Waals surface area contributed by atoms with Gasteiger partial charge >= 0.3 is 0 Å². The molecule has 1 aliphatic rings. The molecule has 0 radical (unpaired) electrons. The van der Waals surface area contributed by atoms with Crippen LogP contribution >= 0.6 is 0 Å². The summed E-state index contributed by atoms with van der Waals surface area (Å²) in [6.07, 6.45) is 1.96. The molecule has 1 heterocycles. The monoisotopic (exact) mass is 338 g/mol. The van der Waals surface area contributed by atoms with Gasteiger partial charge < -0.3 is 15.0 Å². The van der Waals surface area contributed by atoms with Gasteiger partial charge in [-0.25, -0.2) is 0 Å². The Bertz CT molecular complexity index is 734. The highest BCUT2D eigenvalue weighted by Crippen LogP contribution is 2.22. The number of aryl methyl sites for hydroxylation is 2. The van der Waals surface area contributed by atoms with Gasteiger partial charge in [-0.2, -0.15) is 0 Å². The zero-order valence-corrected chi connectivity index (χ0v) is 15.2. The fourth-order valence-corrected chi connectivity index (χ4v) is 3.02. The summed E-state index contributed by atoms with van der Waals surface area (Å²) in [7, 11) is 0. The molecule has 0 aliphatic carbocycles. The van der Waals surface area contributed by atoms with Gasteiger partial charge in [0.05, 0.1) is 0 Å². The summed E-state index contributed by atoms with van der Waals surface area (Å²) < 4.78 is 5.77. The maximum atomic E-state index is 12.4.